The van der Waals surface area contributed by atoms with Crippen LogP contribution < -0.4 is 0 Å². The molecule has 0 amide bonds. The average molecular weight is 375 g/mol. The Bertz CT molecular complexity index is 314. The Kier molecular flexibility index (Phi) is 14.7. The minimum atomic E-state index is -1.86. The number of carbonyl (C=O) groups is 1. The minimum absolute atomic E-state index is 0.105. The third-order valence-electron chi connectivity index (χ3n) is 4.85. The molecule has 0 aromatic carbocycles. The zero-order valence-corrected chi connectivity index (χ0v) is 18.6. The monoisotopic (exact) mass is 374 g/mol. The van der Waals surface area contributed by atoms with Gasteiger partial charge in [-0.05, 0) is 25.1 Å². The summed E-state index contributed by atoms with van der Waals surface area (Å²) < 4.78 is 17.5. The van der Waals surface area contributed by atoms with Gasteiger partial charge in [-0.1, -0.05) is 66.2 Å². The summed E-state index contributed by atoms with van der Waals surface area (Å²) >= 11 is 0. The largest absolute Gasteiger partial charge is 0.411 e. The SMILES string of the molecule is CCCC[Si](CCCC)(CCCC)O[C@H](C)[C@H](OCOC)C(=O)CC. The Morgan fingerprint density at radius 3 is 1.76 bits per heavy atom. The molecular formula is C20H42O4Si. The van der Waals surface area contributed by atoms with Crippen molar-refractivity contribution in [3.63, 3.8) is 0 Å². The molecule has 0 spiro atoms. The summed E-state index contributed by atoms with van der Waals surface area (Å²) in [6.45, 7) is 10.8. The third-order valence-corrected chi connectivity index (χ3v) is 9.52. The molecule has 0 bridgehead atoms. The van der Waals surface area contributed by atoms with Crippen molar-refractivity contribution in [3.05, 3.63) is 0 Å². The number of rotatable bonds is 17. The number of methoxy groups -OCH3 is 1. The number of carbonyl (C=O) groups excluding carboxylic acids is 1. The molecule has 4 nitrogen and oxygen atoms in total. The molecule has 0 unspecified atom stereocenters. The fourth-order valence-electron chi connectivity index (χ4n) is 3.34. The van der Waals surface area contributed by atoms with Gasteiger partial charge in [0.05, 0.1) is 6.10 Å². The second kappa shape index (κ2) is 14.9. The van der Waals surface area contributed by atoms with Crippen LogP contribution in [0, 0.1) is 0 Å². The van der Waals surface area contributed by atoms with E-state index in [1.807, 2.05) is 13.8 Å². The van der Waals surface area contributed by atoms with Gasteiger partial charge in [-0.15, -0.1) is 0 Å². The smallest absolute Gasteiger partial charge is 0.193 e. The Hall–Kier alpha value is -0.233. The lowest BCUT2D eigenvalue weighted by molar-refractivity contribution is -0.149. The van der Waals surface area contributed by atoms with E-state index >= 15 is 0 Å². The van der Waals surface area contributed by atoms with Crippen molar-refractivity contribution in [2.45, 2.75) is 110 Å². The van der Waals surface area contributed by atoms with E-state index in [4.69, 9.17) is 13.9 Å². The van der Waals surface area contributed by atoms with Gasteiger partial charge in [0.1, 0.15) is 12.9 Å². The highest BCUT2D eigenvalue weighted by atomic mass is 28.4. The summed E-state index contributed by atoms with van der Waals surface area (Å²) in [5, 5.41) is 0. The van der Waals surface area contributed by atoms with Crippen molar-refractivity contribution in [2.24, 2.45) is 0 Å². The maximum Gasteiger partial charge on any atom is 0.193 e. The van der Waals surface area contributed by atoms with E-state index < -0.39 is 14.4 Å². The van der Waals surface area contributed by atoms with E-state index in [2.05, 4.69) is 20.8 Å². The Morgan fingerprint density at radius 2 is 1.40 bits per heavy atom. The number of hydrogen-bond donors (Lipinski definition) is 0. The lowest BCUT2D eigenvalue weighted by Gasteiger charge is -2.37. The molecule has 0 saturated heterocycles. The van der Waals surface area contributed by atoms with E-state index in [0.717, 1.165) is 0 Å². The molecule has 0 heterocycles. The lowest BCUT2D eigenvalue weighted by Crippen LogP contribution is -2.47. The van der Waals surface area contributed by atoms with Gasteiger partial charge in [-0.25, -0.2) is 0 Å². The topological polar surface area (TPSA) is 44.8 Å². The van der Waals surface area contributed by atoms with Crippen LogP contribution in [0.4, 0.5) is 0 Å². The lowest BCUT2D eigenvalue weighted by atomic mass is 10.1. The molecular weight excluding hydrogens is 332 g/mol. The summed E-state index contributed by atoms with van der Waals surface area (Å²) in [4.78, 5) is 12.3. The number of hydrogen-bond acceptors (Lipinski definition) is 4. The predicted molar refractivity (Wildman–Crippen MR) is 107 cm³/mol. The van der Waals surface area contributed by atoms with Crippen LogP contribution in [-0.4, -0.2) is 40.2 Å². The summed E-state index contributed by atoms with van der Waals surface area (Å²) in [6.07, 6.45) is 7.01. The maximum absolute atomic E-state index is 12.3. The van der Waals surface area contributed by atoms with Crippen LogP contribution in [0.25, 0.3) is 0 Å². The molecule has 0 aliphatic heterocycles. The quantitative estimate of drug-likeness (QED) is 0.242. The Balaban J connectivity index is 5.25. The zero-order valence-electron chi connectivity index (χ0n) is 17.6. The second-order valence-electron chi connectivity index (χ2n) is 7.13. The van der Waals surface area contributed by atoms with Gasteiger partial charge < -0.3 is 13.9 Å². The van der Waals surface area contributed by atoms with Gasteiger partial charge >= 0.3 is 0 Å². The van der Waals surface area contributed by atoms with Crippen molar-refractivity contribution in [3.8, 4) is 0 Å². The Morgan fingerprint density at radius 1 is 0.920 bits per heavy atom. The van der Waals surface area contributed by atoms with Crippen LogP contribution in [0.2, 0.25) is 18.1 Å². The first-order valence-electron chi connectivity index (χ1n) is 10.3. The fraction of sp³-hybridized carbons (Fsp3) is 0.950. The maximum atomic E-state index is 12.3. The standard InChI is InChI=1S/C20H42O4Si/c1-7-11-14-25(15-12-8-2,16-13-9-3)24-18(5)20(19(21)10-4)23-17-22-6/h18,20H,7-17H2,1-6H3/t18-,20+/m1/s1. The number of ether oxygens (including phenoxy) is 2. The summed E-state index contributed by atoms with van der Waals surface area (Å²) in [6, 6.07) is 3.60. The number of ketones is 1. The van der Waals surface area contributed by atoms with Crippen molar-refractivity contribution >= 4 is 14.1 Å². The highest BCUT2D eigenvalue weighted by Crippen LogP contribution is 2.31. The van der Waals surface area contributed by atoms with Crippen molar-refractivity contribution in [1.82, 2.24) is 0 Å². The van der Waals surface area contributed by atoms with E-state index in [-0.39, 0.29) is 18.7 Å². The minimum Gasteiger partial charge on any atom is -0.411 e. The predicted octanol–water partition coefficient (Wildman–Crippen LogP) is 5.71. The normalized spacial score (nSPS) is 14.5. The zero-order chi connectivity index (χ0) is 19.1. The van der Waals surface area contributed by atoms with E-state index in [1.54, 1.807) is 7.11 Å². The van der Waals surface area contributed by atoms with Crippen LogP contribution in [0.15, 0.2) is 0 Å². The molecule has 0 rings (SSSR count). The molecule has 0 N–H and O–H groups in total. The van der Waals surface area contributed by atoms with Crippen LogP contribution in [-0.2, 0) is 18.7 Å². The second-order valence-corrected chi connectivity index (χ2v) is 11.2. The van der Waals surface area contributed by atoms with Crippen LogP contribution in [0.3, 0.4) is 0 Å². The molecule has 0 aliphatic rings. The van der Waals surface area contributed by atoms with Gasteiger partial charge in [0.2, 0.25) is 0 Å². The van der Waals surface area contributed by atoms with Gasteiger partial charge in [0.25, 0.3) is 0 Å². The molecule has 150 valence electrons. The highest BCUT2D eigenvalue weighted by Gasteiger charge is 2.38. The number of unbranched alkanes of at least 4 members (excludes halogenated alkanes) is 3. The third kappa shape index (κ3) is 9.88. The molecule has 2 atom stereocenters. The molecule has 0 aromatic rings. The van der Waals surface area contributed by atoms with Crippen LogP contribution in [0.1, 0.15) is 79.6 Å². The van der Waals surface area contributed by atoms with Gasteiger partial charge in [-0.3, -0.25) is 4.79 Å². The molecule has 0 aliphatic carbocycles. The van der Waals surface area contributed by atoms with Crippen molar-refractivity contribution in [2.75, 3.05) is 13.9 Å². The van der Waals surface area contributed by atoms with Gasteiger partial charge in [-0.2, -0.15) is 0 Å². The molecule has 0 fully saturated rings. The van der Waals surface area contributed by atoms with Crippen molar-refractivity contribution < 1.29 is 18.7 Å². The first-order chi connectivity index (χ1) is 12.0. The van der Waals surface area contributed by atoms with E-state index in [0.29, 0.717) is 6.42 Å². The highest BCUT2D eigenvalue weighted by molar-refractivity contribution is 6.73. The Labute approximate surface area is 157 Å². The fourth-order valence-corrected chi connectivity index (χ4v) is 8.35. The molecule has 5 heteroatoms. The van der Waals surface area contributed by atoms with Gasteiger partial charge in [0.15, 0.2) is 14.1 Å². The summed E-state index contributed by atoms with van der Waals surface area (Å²) in [5.74, 6) is 0.105. The van der Waals surface area contributed by atoms with Crippen LogP contribution in [0.5, 0.6) is 0 Å². The van der Waals surface area contributed by atoms with Crippen molar-refractivity contribution in [1.29, 1.82) is 0 Å². The van der Waals surface area contributed by atoms with E-state index in [9.17, 15) is 4.79 Å². The number of Topliss-reactive ketones (excluding diaryl/α,β-unsaturated/α-hetero) is 1. The molecule has 25 heavy (non-hydrogen) atoms. The average Bonchev–Trinajstić information content (AvgIpc) is 2.62. The molecule has 0 saturated carbocycles. The first kappa shape index (κ1) is 24.8. The van der Waals surface area contributed by atoms with Crippen LogP contribution >= 0.6 is 0 Å². The van der Waals surface area contributed by atoms with E-state index in [1.165, 1.54) is 56.7 Å². The van der Waals surface area contributed by atoms with Gasteiger partial charge in [0, 0.05) is 13.5 Å². The first-order valence-corrected chi connectivity index (χ1v) is 12.8. The summed E-state index contributed by atoms with van der Waals surface area (Å²) in [7, 11) is -0.270. The molecule has 0 aromatic heterocycles. The molecule has 0 radical (unpaired) electrons. The summed E-state index contributed by atoms with van der Waals surface area (Å²) in [5.41, 5.74) is 0.